The average molecular weight is 273 g/mol. The minimum Gasteiger partial charge on any atom is -0.325 e. The Morgan fingerprint density at radius 3 is 3.11 bits per heavy atom. The topological polar surface area (TPSA) is 61.1 Å². The summed E-state index contributed by atoms with van der Waals surface area (Å²) in [6.45, 7) is 0.486. The van der Waals surface area contributed by atoms with Crippen molar-refractivity contribution in [3.63, 3.8) is 0 Å². The predicted octanol–water partition coefficient (Wildman–Crippen LogP) is 1.92. The van der Waals surface area contributed by atoms with Crippen LogP contribution in [0.2, 0.25) is 0 Å². The average Bonchev–Trinajstić information content (AvgIpc) is 3.11. The molecule has 0 radical (unpaired) electrons. The van der Waals surface area contributed by atoms with Crippen LogP contribution in [0.3, 0.4) is 0 Å². The van der Waals surface area contributed by atoms with Crippen LogP contribution in [-0.4, -0.2) is 18.9 Å². The number of hydrogen-bond donors (Lipinski definition) is 1. The van der Waals surface area contributed by atoms with Gasteiger partial charge in [-0.2, -0.15) is 0 Å². The molecule has 0 spiro atoms. The molecular formula is C13H15N5S. The third-order valence-corrected chi connectivity index (χ3v) is 4.55. The van der Waals surface area contributed by atoms with Crippen molar-refractivity contribution in [3.05, 3.63) is 35.0 Å². The molecule has 1 aliphatic carbocycles. The lowest BCUT2D eigenvalue weighted by molar-refractivity contribution is 0.653. The Morgan fingerprint density at radius 2 is 2.21 bits per heavy atom. The fourth-order valence-electron chi connectivity index (χ4n) is 2.86. The number of aromatic nitrogens is 4. The molecule has 3 aromatic heterocycles. The summed E-state index contributed by atoms with van der Waals surface area (Å²) in [6.07, 6.45) is 8.58. The molecule has 0 fully saturated rings. The summed E-state index contributed by atoms with van der Waals surface area (Å²) in [5.41, 5.74) is 9.51. The Hall–Kier alpha value is -1.66. The minimum absolute atomic E-state index is 0.486. The summed E-state index contributed by atoms with van der Waals surface area (Å²) in [5, 5.41) is 2.04. The molecule has 2 N–H and O–H groups in total. The van der Waals surface area contributed by atoms with Gasteiger partial charge in [-0.15, -0.1) is 11.3 Å². The van der Waals surface area contributed by atoms with Crippen molar-refractivity contribution >= 4 is 16.3 Å². The molecule has 0 aromatic carbocycles. The maximum absolute atomic E-state index is 5.91. The largest absolute Gasteiger partial charge is 0.325 e. The van der Waals surface area contributed by atoms with Gasteiger partial charge in [0.15, 0.2) is 10.8 Å². The van der Waals surface area contributed by atoms with Crippen molar-refractivity contribution < 1.29 is 0 Å². The van der Waals surface area contributed by atoms with Gasteiger partial charge in [-0.25, -0.2) is 9.97 Å². The molecule has 4 rings (SSSR count). The summed E-state index contributed by atoms with van der Waals surface area (Å²) >= 11 is 1.63. The highest BCUT2D eigenvalue weighted by Crippen LogP contribution is 2.26. The zero-order chi connectivity index (χ0) is 12.8. The van der Waals surface area contributed by atoms with E-state index in [1.807, 2.05) is 17.9 Å². The number of rotatable bonds is 2. The van der Waals surface area contributed by atoms with Crippen LogP contribution in [0.5, 0.6) is 0 Å². The van der Waals surface area contributed by atoms with Gasteiger partial charge in [0.25, 0.3) is 0 Å². The first kappa shape index (κ1) is 11.2. The molecule has 6 heteroatoms. The zero-order valence-electron chi connectivity index (χ0n) is 10.5. The van der Waals surface area contributed by atoms with E-state index in [4.69, 9.17) is 10.7 Å². The summed E-state index contributed by atoms with van der Waals surface area (Å²) in [6, 6.07) is 0. The van der Waals surface area contributed by atoms with Crippen molar-refractivity contribution in [1.82, 2.24) is 18.9 Å². The Morgan fingerprint density at radius 1 is 1.32 bits per heavy atom. The van der Waals surface area contributed by atoms with Gasteiger partial charge in [-0.3, -0.25) is 8.97 Å². The monoisotopic (exact) mass is 273 g/mol. The standard InChI is InChI=1S/C13H15N5S/c14-7-11-12(16-13-17(11)5-6-19-13)18-8-15-9-3-1-2-4-10(9)18/h5-6,8H,1-4,7,14H2. The molecule has 19 heavy (non-hydrogen) atoms. The van der Waals surface area contributed by atoms with E-state index in [1.54, 1.807) is 11.3 Å². The van der Waals surface area contributed by atoms with Crippen LogP contribution < -0.4 is 5.73 Å². The molecule has 0 saturated heterocycles. The molecule has 1 aliphatic rings. The van der Waals surface area contributed by atoms with Crippen molar-refractivity contribution in [1.29, 1.82) is 0 Å². The number of hydrogen-bond acceptors (Lipinski definition) is 4. The minimum atomic E-state index is 0.486. The number of imidazole rings is 2. The van der Waals surface area contributed by atoms with Crippen molar-refractivity contribution in [2.24, 2.45) is 5.73 Å². The van der Waals surface area contributed by atoms with Crippen molar-refractivity contribution in [2.45, 2.75) is 32.2 Å². The van der Waals surface area contributed by atoms with E-state index in [-0.39, 0.29) is 0 Å². The number of nitrogens with zero attached hydrogens (tertiary/aromatic N) is 4. The van der Waals surface area contributed by atoms with Gasteiger partial charge in [0.05, 0.1) is 11.4 Å². The Balaban J connectivity index is 1.94. The smallest absolute Gasteiger partial charge is 0.195 e. The predicted molar refractivity (Wildman–Crippen MR) is 74.7 cm³/mol. The highest BCUT2D eigenvalue weighted by Gasteiger charge is 2.20. The molecule has 0 amide bonds. The van der Waals surface area contributed by atoms with Crippen LogP contribution >= 0.6 is 11.3 Å². The third kappa shape index (κ3) is 1.56. The molecule has 3 aromatic rings. The Kier molecular flexibility index (Phi) is 2.46. The van der Waals surface area contributed by atoms with E-state index in [9.17, 15) is 0 Å². The van der Waals surface area contributed by atoms with Gasteiger partial charge in [-0.1, -0.05) is 0 Å². The van der Waals surface area contributed by atoms with E-state index >= 15 is 0 Å². The lowest BCUT2D eigenvalue weighted by Gasteiger charge is -2.13. The van der Waals surface area contributed by atoms with E-state index in [2.05, 4.69) is 14.0 Å². The quantitative estimate of drug-likeness (QED) is 0.776. The van der Waals surface area contributed by atoms with Crippen molar-refractivity contribution in [2.75, 3.05) is 0 Å². The van der Waals surface area contributed by atoms with Crippen LogP contribution in [0.15, 0.2) is 17.9 Å². The lowest BCUT2D eigenvalue weighted by atomic mass is 10.0. The first-order valence-electron chi connectivity index (χ1n) is 6.58. The summed E-state index contributed by atoms with van der Waals surface area (Å²) in [7, 11) is 0. The SMILES string of the molecule is NCc1c(-n2cnc3c2CCCC3)nc2sccn12. The first-order valence-corrected chi connectivity index (χ1v) is 7.46. The fourth-order valence-corrected chi connectivity index (χ4v) is 3.58. The second-order valence-corrected chi connectivity index (χ2v) is 5.73. The van der Waals surface area contributed by atoms with Crippen molar-refractivity contribution in [3.8, 4) is 5.82 Å². The van der Waals surface area contributed by atoms with E-state index in [0.717, 1.165) is 29.3 Å². The summed E-state index contributed by atoms with van der Waals surface area (Å²) in [4.78, 5) is 10.3. The molecular weight excluding hydrogens is 258 g/mol. The number of nitrogens with two attached hydrogens (primary N) is 1. The molecule has 0 unspecified atom stereocenters. The van der Waals surface area contributed by atoms with Gasteiger partial charge in [0, 0.05) is 23.8 Å². The van der Waals surface area contributed by atoms with E-state index in [0.29, 0.717) is 6.54 Å². The van der Waals surface area contributed by atoms with E-state index < -0.39 is 0 Å². The molecule has 0 aliphatic heterocycles. The zero-order valence-corrected chi connectivity index (χ0v) is 11.4. The number of aryl methyl sites for hydroxylation is 1. The van der Waals surface area contributed by atoms with Gasteiger partial charge < -0.3 is 5.73 Å². The van der Waals surface area contributed by atoms with Crippen LogP contribution in [0, 0.1) is 0 Å². The second-order valence-electron chi connectivity index (χ2n) is 4.86. The molecule has 3 heterocycles. The van der Waals surface area contributed by atoms with Crippen LogP contribution in [-0.2, 0) is 19.4 Å². The van der Waals surface area contributed by atoms with Crippen LogP contribution in [0.25, 0.3) is 10.8 Å². The maximum atomic E-state index is 5.91. The Labute approximate surface area is 114 Å². The highest BCUT2D eigenvalue weighted by atomic mass is 32.1. The molecule has 0 bridgehead atoms. The molecule has 98 valence electrons. The normalized spacial score (nSPS) is 15.0. The van der Waals surface area contributed by atoms with Gasteiger partial charge in [0.1, 0.15) is 6.33 Å². The molecule has 0 saturated carbocycles. The number of thiazole rings is 1. The molecule has 5 nitrogen and oxygen atoms in total. The maximum Gasteiger partial charge on any atom is 0.195 e. The third-order valence-electron chi connectivity index (χ3n) is 3.79. The van der Waals surface area contributed by atoms with Gasteiger partial charge in [0.2, 0.25) is 0 Å². The number of fused-ring (bicyclic) bond motifs is 2. The van der Waals surface area contributed by atoms with Gasteiger partial charge in [-0.05, 0) is 25.7 Å². The van der Waals surface area contributed by atoms with Crippen LogP contribution in [0.4, 0.5) is 0 Å². The fraction of sp³-hybridized carbons (Fsp3) is 0.385. The van der Waals surface area contributed by atoms with Gasteiger partial charge >= 0.3 is 0 Å². The van der Waals surface area contributed by atoms with Crippen LogP contribution in [0.1, 0.15) is 29.9 Å². The summed E-state index contributed by atoms with van der Waals surface area (Å²) < 4.78 is 4.21. The first-order chi connectivity index (χ1) is 9.38. The lowest BCUT2D eigenvalue weighted by Crippen LogP contribution is -2.10. The Bertz CT molecular complexity index is 735. The highest BCUT2D eigenvalue weighted by molar-refractivity contribution is 7.15. The second kappa shape index (κ2) is 4.18. The summed E-state index contributed by atoms with van der Waals surface area (Å²) in [5.74, 6) is 0.949. The van der Waals surface area contributed by atoms with E-state index in [1.165, 1.54) is 24.2 Å². The molecule has 0 atom stereocenters.